The Kier molecular flexibility index (Phi) is 6.99. The molecule has 0 spiro atoms. The van der Waals surface area contributed by atoms with E-state index in [1.165, 1.54) is 41.1 Å². The third-order valence-electron chi connectivity index (χ3n) is 4.60. The molecule has 0 aliphatic heterocycles. The highest BCUT2D eigenvalue weighted by Gasteiger charge is 2.28. The number of halogens is 1. The van der Waals surface area contributed by atoms with Gasteiger partial charge < -0.3 is 14.7 Å². The maximum atomic E-state index is 13.5. The molecule has 1 N–H and O–H groups in total. The van der Waals surface area contributed by atoms with E-state index in [9.17, 15) is 18.3 Å². The number of pyridine rings is 1. The molecule has 0 saturated carbocycles. The topological polar surface area (TPSA) is 115 Å². The van der Waals surface area contributed by atoms with Gasteiger partial charge in [0.15, 0.2) is 5.03 Å². The van der Waals surface area contributed by atoms with Crippen molar-refractivity contribution in [2.24, 2.45) is 5.41 Å². The van der Waals surface area contributed by atoms with E-state index in [1.54, 1.807) is 24.3 Å². The summed E-state index contributed by atoms with van der Waals surface area (Å²) in [6.07, 6.45) is 0.0713. The first-order chi connectivity index (χ1) is 15.4. The maximum absolute atomic E-state index is 13.5. The number of hydrogen-bond acceptors (Lipinski definition) is 6. The van der Waals surface area contributed by atoms with Crippen LogP contribution in [0.5, 0.6) is 5.88 Å². The number of sulfone groups is 1. The minimum atomic E-state index is -4.07. The molecule has 0 atom stereocenters. The quantitative estimate of drug-likeness (QED) is 0.523. The first-order valence-corrected chi connectivity index (χ1v) is 11.9. The van der Waals surface area contributed by atoms with Gasteiger partial charge in [-0.1, -0.05) is 44.5 Å². The van der Waals surface area contributed by atoms with Gasteiger partial charge in [0.05, 0.1) is 35.0 Å². The standard InChI is InChI=1S/C22H25ClN4O5S/c1-22(2,3)14-26(21(28)29)13-15-11-20(27(25-15)18-8-6-5-7-17(18)23)33(30,31)16-9-10-19(32-4)24-12-16/h5-12H,13-14H2,1-4H3,(H,28,29). The minimum Gasteiger partial charge on any atom is -0.481 e. The highest BCUT2D eigenvalue weighted by atomic mass is 35.5. The number of hydrogen-bond donors (Lipinski definition) is 1. The van der Waals surface area contributed by atoms with Gasteiger partial charge in [-0.25, -0.2) is 22.9 Å². The number of aromatic nitrogens is 3. The van der Waals surface area contributed by atoms with E-state index < -0.39 is 15.9 Å². The van der Waals surface area contributed by atoms with Crippen molar-refractivity contribution in [2.75, 3.05) is 13.7 Å². The van der Waals surface area contributed by atoms with Gasteiger partial charge in [-0.3, -0.25) is 0 Å². The number of rotatable bonds is 7. The molecule has 0 radical (unpaired) electrons. The van der Waals surface area contributed by atoms with E-state index >= 15 is 0 Å². The zero-order valence-corrected chi connectivity index (χ0v) is 20.3. The molecule has 0 unspecified atom stereocenters. The lowest BCUT2D eigenvalue weighted by molar-refractivity contribution is 0.122. The molecule has 0 bridgehead atoms. The van der Waals surface area contributed by atoms with Crippen molar-refractivity contribution < 1.29 is 23.1 Å². The average Bonchev–Trinajstić information content (AvgIpc) is 3.17. The van der Waals surface area contributed by atoms with Crippen LogP contribution in [0.1, 0.15) is 26.5 Å². The SMILES string of the molecule is COc1ccc(S(=O)(=O)c2cc(CN(CC(C)(C)C)C(=O)O)nn2-c2ccccc2Cl)cn1. The fraction of sp³-hybridized carbons (Fsp3) is 0.318. The van der Waals surface area contributed by atoms with E-state index in [2.05, 4.69) is 10.1 Å². The molecule has 0 aliphatic rings. The number of ether oxygens (including phenoxy) is 1. The predicted octanol–water partition coefficient (Wildman–Crippen LogP) is 4.29. The van der Waals surface area contributed by atoms with Crippen LogP contribution in [0.3, 0.4) is 0 Å². The number of carbonyl (C=O) groups is 1. The molecule has 1 amide bonds. The summed E-state index contributed by atoms with van der Waals surface area (Å²) >= 11 is 6.33. The number of methoxy groups -OCH3 is 1. The van der Waals surface area contributed by atoms with Crippen LogP contribution in [-0.2, 0) is 16.4 Å². The molecule has 3 aromatic rings. The van der Waals surface area contributed by atoms with Gasteiger partial charge in [0, 0.05) is 24.9 Å². The molecule has 2 heterocycles. The summed E-state index contributed by atoms with van der Waals surface area (Å²) in [7, 11) is -2.64. The van der Waals surface area contributed by atoms with E-state index in [1.807, 2.05) is 20.8 Å². The van der Waals surface area contributed by atoms with Gasteiger partial charge in [0.2, 0.25) is 15.7 Å². The maximum Gasteiger partial charge on any atom is 0.407 e. The van der Waals surface area contributed by atoms with Gasteiger partial charge in [-0.15, -0.1) is 0 Å². The summed E-state index contributed by atoms with van der Waals surface area (Å²) in [6.45, 7) is 5.90. The molecular weight excluding hydrogens is 468 g/mol. The van der Waals surface area contributed by atoms with E-state index in [-0.39, 0.29) is 40.0 Å². The Labute approximate surface area is 197 Å². The van der Waals surface area contributed by atoms with Crippen LogP contribution in [0, 0.1) is 5.41 Å². The van der Waals surface area contributed by atoms with Crippen LogP contribution in [0.2, 0.25) is 5.02 Å². The molecule has 1 aromatic carbocycles. The van der Waals surface area contributed by atoms with Crippen LogP contribution in [0.25, 0.3) is 5.69 Å². The van der Waals surface area contributed by atoms with Crippen LogP contribution in [0.15, 0.2) is 58.6 Å². The zero-order valence-electron chi connectivity index (χ0n) is 18.7. The Hall–Kier alpha value is -3.11. The van der Waals surface area contributed by atoms with Gasteiger partial charge in [0.25, 0.3) is 0 Å². The molecule has 2 aromatic heterocycles. The van der Waals surface area contributed by atoms with E-state index in [0.29, 0.717) is 10.7 Å². The van der Waals surface area contributed by atoms with Crippen molar-refractivity contribution >= 4 is 27.5 Å². The second-order valence-electron chi connectivity index (χ2n) is 8.58. The summed E-state index contributed by atoms with van der Waals surface area (Å²) in [6, 6.07) is 10.9. The number of para-hydroxylation sites is 1. The monoisotopic (exact) mass is 492 g/mol. The Morgan fingerprint density at radius 1 is 1.21 bits per heavy atom. The third kappa shape index (κ3) is 5.63. The van der Waals surface area contributed by atoms with Crippen LogP contribution in [0.4, 0.5) is 4.79 Å². The first-order valence-electron chi connectivity index (χ1n) is 9.99. The first kappa shape index (κ1) is 24.5. The molecule has 33 heavy (non-hydrogen) atoms. The van der Waals surface area contributed by atoms with Crippen molar-refractivity contribution in [3.8, 4) is 11.6 Å². The average molecular weight is 493 g/mol. The fourth-order valence-electron chi connectivity index (χ4n) is 3.20. The second kappa shape index (κ2) is 9.40. The molecule has 3 rings (SSSR count). The molecular formula is C22H25ClN4O5S. The summed E-state index contributed by atoms with van der Waals surface area (Å²) < 4.78 is 33.2. The van der Waals surface area contributed by atoms with Crippen molar-refractivity contribution in [3.63, 3.8) is 0 Å². The zero-order chi connectivity index (χ0) is 24.4. The predicted molar refractivity (Wildman–Crippen MR) is 123 cm³/mol. The van der Waals surface area contributed by atoms with Gasteiger partial charge in [0.1, 0.15) is 0 Å². The van der Waals surface area contributed by atoms with Crippen molar-refractivity contribution in [1.82, 2.24) is 19.7 Å². The summed E-state index contributed by atoms with van der Waals surface area (Å²) in [5.74, 6) is 0.272. The molecule has 0 aliphatic carbocycles. The van der Waals surface area contributed by atoms with E-state index in [4.69, 9.17) is 16.3 Å². The largest absolute Gasteiger partial charge is 0.481 e. The number of carboxylic acid groups (broad SMARTS) is 1. The number of amides is 1. The normalized spacial score (nSPS) is 11.9. The minimum absolute atomic E-state index is 0.0622. The summed E-state index contributed by atoms with van der Waals surface area (Å²) in [5, 5.41) is 14.2. The number of nitrogens with zero attached hydrogens (tertiary/aromatic N) is 4. The molecule has 9 nitrogen and oxygen atoms in total. The lowest BCUT2D eigenvalue weighted by atomic mass is 9.96. The van der Waals surface area contributed by atoms with Crippen molar-refractivity contribution in [1.29, 1.82) is 0 Å². The second-order valence-corrected chi connectivity index (χ2v) is 10.9. The Balaban J connectivity index is 2.13. The Bertz CT molecular complexity index is 1250. The lowest BCUT2D eigenvalue weighted by Crippen LogP contribution is -2.36. The summed E-state index contributed by atoms with van der Waals surface area (Å²) in [5.41, 5.74) is 0.317. The van der Waals surface area contributed by atoms with E-state index in [0.717, 1.165) is 0 Å². The Morgan fingerprint density at radius 3 is 2.45 bits per heavy atom. The van der Waals surface area contributed by atoms with Crippen LogP contribution < -0.4 is 4.74 Å². The summed E-state index contributed by atoms with van der Waals surface area (Å²) in [4.78, 5) is 16.9. The molecule has 0 fully saturated rings. The van der Waals surface area contributed by atoms with Crippen LogP contribution >= 0.6 is 11.6 Å². The Morgan fingerprint density at radius 2 is 1.91 bits per heavy atom. The fourth-order valence-corrected chi connectivity index (χ4v) is 4.76. The molecule has 0 saturated heterocycles. The highest BCUT2D eigenvalue weighted by molar-refractivity contribution is 7.91. The lowest BCUT2D eigenvalue weighted by Gasteiger charge is -2.27. The van der Waals surface area contributed by atoms with Crippen molar-refractivity contribution in [2.45, 2.75) is 37.2 Å². The number of benzene rings is 1. The third-order valence-corrected chi connectivity index (χ3v) is 6.62. The van der Waals surface area contributed by atoms with Gasteiger partial charge in [-0.05, 0) is 23.6 Å². The molecule has 11 heteroatoms. The van der Waals surface area contributed by atoms with Crippen molar-refractivity contribution in [3.05, 3.63) is 59.4 Å². The molecule has 176 valence electrons. The van der Waals surface area contributed by atoms with Crippen LogP contribution in [-0.4, -0.2) is 52.9 Å². The highest BCUT2D eigenvalue weighted by Crippen LogP contribution is 2.29. The van der Waals surface area contributed by atoms with Gasteiger partial charge in [-0.2, -0.15) is 5.10 Å². The smallest absolute Gasteiger partial charge is 0.407 e. The van der Waals surface area contributed by atoms with Gasteiger partial charge >= 0.3 is 6.09 Å².